The molecule has 0 radical (unpaired) electrons. The second-order valence-corrected chi connectivity index (χ2v) is 11.4. The molecule has 1 fully saturated rings. The van der Waals surface area contributed by atoms with Crippen LogP contribution in [0.1, 0.15) is 20.3 Å². The maximum absolute atomic E-state index is 11.9. The normalized spacial score (nSPS) is 19.1. The van der Waals surface area contributed by atoms with E-state index in [9.17, 15) is 8.42 Å². The van der Waals surface area contributed by atoms with Gasteiger partial charge >= 0.3 is 0 Å². The van der Waals surface area contributed by atoms with Crippen molar-refractivity contribution in [3.8, 4) is 0 Å². The van der Waals surface area contributed by atoms with E-state index in [-0.39, 0.29) is 17.5 Å². The number of benzene rings is 1. The van der Waals surface area contributed by atoms with Gasteiger partial charge in [0, 0.05) is 12.6 Å². The fourth-order valence-electron chi connectivity index (χ4n) is 3.15. The number of rotatable bonds is 7. The number of anilines is 2. The number of nitrogens with zero attached hydrogens (tertiary/aromatic N) is 3. The highest BCUT2D eigenvalue weighted by Gasteiger charge is 2.32. The van der Waals surface area contributed by atoms with Crippen LogP contribution in [0.5, 0.6) is 0 Å². The molecule has 1 unspecified atom stereocenters. The van der Waals surface area contributed by atoms with Crippen molar-refractivity contribution in [2.24, 2.45) is 5.92 Å². The number of hydrogen-bond donors (Lipinski definition) is 1. The van der Waals surface area contributed by atoms with Crippen LogP contribution in [0.2, 0.25) is 5.02 Å². The van der Waals surface area contributed by atoms with Crippen molar-refractivity contribution in [1.29, 1.82) is 0 Å². The summed E-state index contributed by atoms with van der Waals surface area (Å²) in [6.45, 7) is 5.53. The van der Waals surface area contributed by atoms with Crippen LogP contribution in [0.4, 0.5) is 10.8 Å². The topological polar surface area (TPSA) is 67.2 Å². The van der Waals surface area contributed by atoms with E-state index in [0.717, 1.165) is 12.2 Å². The molecular weight excluding hydrogens is 424 g/mol. The third-order valence-electron chi connectivity index (χ3n) is 4.36. The largest absolute Gasteiger partial charge is 0.329 e. The van der Waals surface area contributed by atoms with Gasteiger partial charge in [0.05, 0.1) is 28.9 Å². The van der Waals surface area contributed by atoms with Crippen LogP contribution in [0.25, 0.3) is 0 Å². The molecule has 3 rings (SSSR count). The van der Waals surface area contributed by atoms with Gasteiger partial charge in [0.15, 0.2) is 13.8 Å². The van der Waals surface area contributed by atoms with Crippen molar-refractivity contribution in [2.75, 3.05) is 23.4 Å². The highest BCUT2D eigenvalue weighted by molar-refractivity contribution is 7.91. The first kappa shape index (κ1) is 20.7. The Balaban J connectivity index is 1.77. The van der Waals surface area contributed by atoms with Gasteiger partial charge in [0.25, 0.3) is 0 Å². The molecule has 10 heteroatoms. The van der Waals surface area contributed by atoms with Crippen LogP contribution in [0.3, 0.4) is 0 Å². The molecule has 1 aromatic heterocycles. The van der Waals surface area contributed by atoms with E-state index in [4.69, 9.17) is 23.8 Å². The van der Waals surface area contributed by atoms with E-state index in [1.807, 2.05) is 24.3 Å². The van der Waals surface area contributed by atoms with Gasteiger partial charge in [-0.2, -0.15) is 0 Å². The van der Waals surface area contributed by atoms with Crippen molar-refractivity contribution in [3.05, 3.63) is 33.2 Å². The van der Waals surface area contributed by atoms with Crippen LogP contribution < -0.4 is 5.32 Å². The van der Waals surface area contributed by atoms with E-state index < -0.39 is 9.84 Å². The summed E-state index contributed by atoms with van der Waals surface area (Å²) in [6, 6.07) is 7.47. The number of nitrogens with one attached hydrogen (secondary N) is 1. The Morgan fingerprint density at radius 3 is 2.81 bits per heavy atom. The zero-order chi connectivity index (χ0) is 19.6. The van der Waals surface area contributed by atoms with E-state index >= 15 is 0 Å². The van der Waals surface area contributed by atoms with Gasteiger partial charge in [0.1, 0.15) is 0 Å². The molecule has 1 aromatic carbocycles. The molecule has 148 valence electrons. The molecule has 6 nitrogen and oxygen atoms in total. The summed E-state index contributed by atoms with van der Waals surface area (Å²) in [4.78, 5) is 2.18. The Hall–Kier alpha value is -1.00. The Labute approximate surface area is 174 Å². The van der Waals surface area contributed by atoms with Gasteiger partial charge in [0.2, 0.25) is 5.13 Å². The zero-order valence-electron chi connectivity index (χ0n) is 15.3. The summed E-state index contributed by atoms with van der Waals surface area (Å²) in [5.41, 5.74) is 0.774. The summed E-state index contributed by atoms with van der Waals surface area (Å²) in [5.74, 6) is 0.887. The summed E-state index contributed by atoms with van der Waals surface area (Å²) in [7, 11) is -2.94. The lowest BCUT2D eigenvalue weighted by Crippen LogP contribution is -2.40. The number of halogens is 1. The molecule has 2 aromatic rings. The summed E-state index contributed by atoms with van der Waals surface area (Å²) < 4.78 is 26.2. The quantitative estimate of drug-likeness (QED) is 0.643. The number of para-hydroxylation sites is 1. The number of hydrogen-bond acceptors (Lipinski definition) is 7. The van der Waals surface area contributed by atoms with Crippen LogP contribution >= 0.6 is 35.2 Å². The molecule has 0 bridgehead atoms. The smallest absolute Gasteiger partial charge is 0.209 e. The highest BCUT2D eigenvalue weighted by atomic mass is 35.5. The van der Waals surface area contributed by atoms with Gasteiger partial charge in [-0.1, -0.05) is 48.9 Å². The molecule has 1 saturated heterocycles. The van der Waals surface area contributed by atoms with Crippen molar-refractivity contribution >= 4 is 55.8 Å². The third kappa shape index (κ3) is 5.51. The summed E-state index contributed by atoms with van der Waals surface area (Å²) in [6.07, 6.45) is 0.664. The van der Waals surface area contributed by atoms with Crippen molar-refractivity contribution in [2.45, 2.75) is 33.0 Å². The van der Waals surface area contributed by atoms with E-state index in [1.54, 1.807) is 4.68 Å². The van der Waals surface area contributed by atoms with Gasteiger partial charge in [-0.25, -0.2) is 13.1 Å². The van der Waals surface area contributed by atoms with Crippen LogP contribution in [0, 0.1) is 9.87 Å². The second-order valence-electron chi connectivity index (χ2n) is 7.14. The molecule has 0 spiro atoms. The maximum atomic E-state index is 11.9. The first-order chi connectivity index (χ1) is 12.7. The van der Waals surface area contributed by atoms with Gasteiger partial charge in [-0.15, -0.1) is 5.10 Å². The zero-order valence-corrected chi connectivity index (χ0v) is 18.5. The number of aromatic nitrogens is 2. The summed E-state index contributed by atoms with van der Waals surface area (Å²) >= 11 is 13.0. The monoisotopic (exact) mass is 446 g/mol. The Bertz CT molecular complexity index is 955. The molecule has 1 aliphatic heterocycles. The van der Waals surface area contributed by atoms with Crippen LogP contribution in [-0.2, 0) is 16.5 Å². The predicted molar refractivity (Wildman–Crippen MR) is 114 cm³/mol. The van der Waals surface area contributed by atoms with E-state index in [2.05, 4.69) is 29.2 Å². The molecule has 0 amide bonds. The second kappa shape index (κ2) is 8.57. The third-order valence-corrected chi connectivity index (χ3v) is 7.66. The van der Waals surface area contributed by atoms with Crippen molar-refractivity contribution in [3.63, 3.8) is 0 Å². The first-order valence-electron chi connectivity index (χ1n) is 8.77. The first-order valence-corrected chi connectivity index (χ1v) is 12.2. The molecule has 1 aliphatic rings. The Kier molecular flexibility index (Phi) is 6.58. The molecule has 0 aliphatic carbocycles. The van der Waals surface area contributed by atoms with E-state index in [0.29, 0.717) is 33.1 Å². The molecular formula is C17H23ClN4O2S3. The molecule has 0 saturated carbocycles. The molecule has 27 heavy (non-hydrogen) atoms. The van der Waals surface area contributed by atoms with Gasteiger partial charge < -0.3 is 5.32 Å². The highest BCUT2D eigenvalue weighted by Crippen LogP contribution is 2.27. The van der Waals surface area contributed by atoms with Gasteiger partial charge in [-0.3, -0.25) is 4.90 Å². The number of sulfone groups is 1. The standard InChI is InChI=1S/C17H23ClN4O2S3/c1-12(2)9-21(13-7-8-27(23,24)10-13)11-22-17(25)26-16(20-22)19-15-6-4-3-5-14(15)18/h3-6,12-13H,7-11H2,1-2H3,(H,19,20). The fraction of sp³-hybridized carbons (Fsp3) is 0.529. The molecule has 2 heterocycles. The molecule has 1 atom stereocenters. The average Bonchev–Trinajstić information content (AvgIpc) is 3.11. The predicted octanol–water partition coefficient (Wildman–Crippen LogP) is 4.17. The average molecular weight is 447 g/mol. The SMILES string of the molecule is CC(C)CN(Cn1nc(Nc2ccccc2Cl)sc1=S)C1CCS(=O)(=O)C1. The maximum Gasteiger partial charge on any atom is 0.209 e. The van der Waals surface area contributed by atoms with Crippen molar-refractivity contribution in [1.82, 2.24) is 14.7 Å². The van der Waals surface area contributed by atoms with E-state index in [1.165, 1.54) is 11.3 Å². The Morgan fingerprint density at radius 2 is 2.19 bits per heavy atom. The van der Waals surface area contributed by atoms with Crippen LogP contribution in [-0.4, -0.2) is 47.2 Å². The lowest BCUT2D eigenvalue weighted by atomic mass is 10.1. The minimum atomic E-state index is -2.94. The molecule has 1 N–H and O–H groups in total. The van der Waals surface area contributed by atoms with Crippen molar-refractivity contribution < 1.29 is 8.42 Å². The minimum Gasteiger partial charge on any atom is -0.329 e. The minimum absolute atomic E-state index is 0.0148. The van der Waals surface area contributed by atoms with Crippen LogP contribution in [0.15, 0.2) is 24.3 Å². The fourth-order valence-corrected chi connectivity index (χ4v) is 6.10. The summed E-state index contributed by atoms with van der Waals surface area (Å²) in [5, 5.41) is 9.05. The lowest BCUT2D eigenvalue weighted by molar-refractivity contribution is 0.138. The lowest BCUT2D eigenvalue weighted by Gasteiger charge is -2.29. The Morgan fingerprint density at radius 1 is 1.44 bits per heavy atom. The van der Waals surface area contributed by atoms with Gasteiger partial charge in [-0.05, 0) is 36.7 Å².